The van der Waals surface area contributed by atoms with E-state index in [-0.39, 0.29) is 17.9 Å². The Kier molecular flexibility index (Phi) is 7.50. The molecule has 1 atom stereocenters. The quantitative estimate of drug-likeness (QED) is 0.261. The van der Waals surface area contributed by atoms with Gasteiger partial charge in [-0.25, -0.2) is 0 Å². The fraction of sp³-hybridized carbons (Fsp3) is 0.214. The van der Waals surface area contributed by atoms with Crippen LogP contribution in [-0.2, 0) is 16.0 Å². The number of aliphatic hydroxyl groups excluding tert-OH is 1. The first-order valence-corrected chi connectivity index (χ1v) is 11.6. The number of amides is 1. The number of ketones is 1. The number of rotatable bonds is 8. The van der Waals surface area contributed by atoms with Crippen molar-refractivity contribution in [1.82, 2.24) is 4.90 Å². The van der Waals surface area contributed by atoms with E-state index >= 15 is 0 Å². The Morgan fingerprint density at radius 1 is 0.889 bits per heavy atom. The number of ether oxygens (including phenoxy) is 3. The highest BCUT2D eigenvalue weighted by Crippen LogP contribution is 2.40. The van der Waals surface area contributed by atoms with Crippen LogP contribution in [0.2, 0.25) is 5.02 Å². The molecule has 1 heterocycles. The van der Waals surface area contributed by atoms with Crippen LogP contribution in [0.1, 0.15) is 22.7 Å². The number of halogens is 1. The van der Waals surface area contributed by atoms with Gasteiger partial charge in [0.25, 0.3) is 11.7 Å². The summed E-state index contributed by atoms with van der Waals surface area (Å²) in [6.07, 6.45) is 0.512. The van der Waals surface area contributed by atoms with E-state index in [4.69, 9.17) is 25.8 Å². The lowest BCUT2D eigenvalue weighted by Crippen LogP contribution is -2.31. The summed E-state index contributed by atoms with van der Waals surface area (Å²) >= 11 is 6.14. The van der Waals surface area contributed by atoms with E-state index in [1.807, 2.05) is 24.3 Å². The molecule has 1 saturated heterocycles. The standard InChI is InChI=1S/C28H26ClNO6/c1-34-20-9-4-17(5-10-20)14-15-30-25(18-6-11-21(35-2)12-7-18)24(27(32)28(30)33)26(31)19-8-13-22(29)23(16-19)36-3/h4-13,16,25,31H,14-15H2,1-3H3/b26-24-. The fourth-order valence-electron chi connectivity index (χ4n) is 4.25. The van der Waals surface area contributed by atoms with Gasteiger partial charge in [-0.05, 0) is 60.0 Å². The molecule has 7 nitrogen and oxygen atoms in total. The summed E-state index contributed by atoms with van der Waals surface area (Å²) < 4.78 is 15.7. The number of nitrogens with zero attached hydrogens (tertiary/aromatic N) is 1. The number of likely N-dealkylation sites (tertiary alicyclic amines) is 1. The maximum absolute atomic E-state index is 13.2. The molecule has 0 aliphatic carbocycles. The summed E-state index contributed by atoms with van der Waals surface area (Å²) in [5.41, 5.74) is 1.98. The first-order valence-electron chi connectivity index (χ1n) is 11.3. The van der Waals surface area contributed by atoms with Crippen molar-refractivity contribution < 1.29 is 28.9 Å². The number of Topliss-reactive ketones (excluding diaryl/α,β-unsaturated/α-hetero) is 1. The number of methoxy groups -OCH3 is 3. The zero-order chi connectivity index (χ0) is 25.8. The van der Waals surface area contributed by atoms with E-state index in [9.17, 15) is 14.7 Å². The van der Waals surface area contributed by atoms with Crippen LogP contribution in [-0.4, -0.2) is 49.6 Å². The van der Waals surface area contributed by atoms with Crippen LogP contribution < -0.4 is 14.2 Å². The molecule has 1 fully saturated rings. The van der Waals surface area contributed by atoms with Crippen molar-refractivity contribution in [3.63, 3.8) is 0 Å². The van der Waals surface area contributed by atoms with Crippen molar-refractivity contribution in [2.75, 3.05) is 27.9 Å². The van der Waals surface area contributed by atoms with E-state index in [0.717, 1.165) is 11.3 Å². The number of aliphatic hydroxyl groups is 1. The molecule has 1 unspecified atom stereocenters. The summed E-state index contributed by atoms with van der Waals surface area (Å²) in [5, 5.41) is 11.6. The minimum Gasteiger partial charge on any atom is -0.507 e. The Labute approximate surface area is 214 Å². The Morgan fingerprint density at radius 3 is 2.08 bits per heavy atom. The second kappa shape index (κ2) is 10.7. The Balaban J connectivity index is 1.76. The van der Waals surface area contributed by atoms with Crippen molar-refractivity contribution in [2.24, 2.45) is 0 Å². The van der Waals surface area contributed by atoms with E-state index in [1.54, 1.807) is 50.6 Å². The molecule has 1 aliphatic rings. The van der Waals surface area contributed by atoms with Crippen LogP contribution in [0.15, 0.2) is 72.3 Å². The number of hydrogen-bond donors (Lipinski definition) is 1. The number of carbonyl (C=O) groups is 2. The molecule has 8 heteroatoms. The highest BCUT2D eigenvalue weighted by atomic mass is 35.5. The van der Waals surface area contributed by atoms with Gasteiger partial charge in [0.15, 0.2) is 0 Å². The third-order valence-electron chi connectivity index (χ3n) is 6.20. The van der Waals surface area contributed by atoms with Gasteiger partial charge in [0.1, 0.15) is 23.0 Å². The minimum atomic E-state index is -0.782. The molecule has 3 aromatic rings. The van der Waals surface area contributed by atoms with Gasteiger partial charge in [0.2, 0.25) is 0 Å². The Hall–Kier alpha value is -3.97. The third-order valence-corrected chi connectivity index (χ3v) is 6.51. The van der Waals surface area contributed by atoms with E-state index < -0.39 is 17.7 Å². The molecule has 1 aliphatic heterocycles. The average Bonchev–Trinajstić information content (AvgIpc) is 3.17. The summed E-state index contributed by atoms with van der Waals surface area (Å²) in [7, 11) is 4.62. The molecule has 0 spiro atoms. The molecule has 36 heavy (non-hydrogen) atoms. The lowest BCUT2D eigenvalue weighted by molar-refractivity contribution is -0.139. The molecular weight excluding hydrogens is 482 g/mol. The lowest BCUT2D eigenvalue weighted by Gasteiger charge is -2.25. The molecule has 0 radical (unpaired) electrons. The first-order chi connectivity index (χ1) is 17.4. The van der Waals surface area contributed by atoms with Gasteiger partial charge in [-0.3, -0.25) is 9.59 Å². The van der Waals surface area contributed by atoms with Crippen molar-refractivity contribution in [2.45, 2.75) is 12.5 Å². The molecule has 1 amide bonds. The largest absolute Gasteiger partial charge is 0.507 e. The number of hydrogen-bond acceptors (Lipinski definition) is 6. The number of carbonyl (C=O) groups excluding carboxylic acids is 2. The van der Waals surface area contributed by atoms with Crippen LogP contribution in [0.25, 0.3) is 5.76 Å². The maximum Gasteiger partial charge on any atom is 0.295 e. The minimum absolute atomic E-state index is 0.00396. The molecule has 1 N–H and O–H groups in total. The average molecular weight is 508 g/mol. The molecule has 186 valence electrons. The van der Waals surface area contributed by atoms with Gasteiger partial charge in [-0.1, -0.05) is 35.9 Å². The molecule has 0 aromatic heterocycles. The van der Waals surface area contributed by atoms with Crippen molar-refractivity contribution in [1.29, 1.82) is 0 Å². The van der Waals surface area contributed by atoms with Crippen LogP contribution in [0.4, 0.5) is 0 Å². The summed E-state index contributed by atoms with van der Waals surface area (Å²) in [6, 6.07) is 18.5. The van der Waals surface area contributed by atoms with Crippen LogP contribution in [0.5, 0.6) is 17.2 Å². The van der Waals surface area contributed by atoms with Crippen LogP contribution in [0, 0.1) is 0 Å². The molecule has 3 aromatic carbocycles. The third kappa shape index (κ3) is 4.88. The Morgan fingerprint density at radius 2 is 1.50 bits per heavy atom. The van der Waals surface area contributed by atoms with Gasteiger partial charge < -0.3 is 24.2 Å². The van der Waals surface area contributed by atoms with Gasteiger partial charge in [-0.15, -0.1) is 0 Å². The van der Waals surface area contributed by atoms with Gasteiger partial charge in [0, 0.05) is 12.1 Å². The van der Waals surface area contributed by atoms with Crippen molar-refractivity contribution in [3.05, 3.63) is 94.0 Å². The summed E-state index contributed by atoms with van der Waals surface area (Å²) in [5.74, 6) is -0.0116. The fourth-order valence-corrected chi connectivity index (χ4v) is 4.44. The van der Waals surface area contributed by atoms with Gasteiger partial charge >= 0.3 is 0 Å². The van der Waals surface area contributed by atoms with E-state index in [0.29, 0.717) is 34.1 Å². The predicted octanol–water partition coefficient (Wildman–Crippen LogP) is 5.03. The van der Waals surface area contributed by atoms with E-state index in [1.165, 1.54) is 18.1 Å². The second-order valence-electron chi connectivity index (χ2n) is 8.21. The van der Waals surface area contributed by atoms with E-state index in [2.05, 4.69) is 0 Å². The predicted molar refractivity (Wildman–Crippen MR) is 137 cm³/mol. The highest BCUT2D eigenvalue weighted by molar-refractivity contribution is 6.46. The summed E-state index contributed by atoms with van der Waals surface area (Å²) in [4.78, 5) is 27.9. The first kappa shape index (κ1) is 25.1. The molecular formula is C28H26ClNO6. The summed E-state index contributed by atoms with van der Waals surface area (Å²) in [6.45, 7) is 0.272. The number of benzene rings is 3. The highest BCUT2D eigenvalue weighted by Gasteiger charge is 2.45. The van der Waals surface area contributed by atoms with Crippen molar-refractivity contribution in [3.8, 4) is 17.2 Å². The zero-order valence-corrected chi connectivity index (χ0v) is 20.9. The molecule has 0 bridgehead atoms. The normalized spacial score (nSPS) is 16.8. The molecule has 0 saturated carbocycles. The SMILES string of the molecule is COc1ccc(CCN2C(=O)C(=O)/C(=C(\O)c3ccc(Cl)c(OC)c3)C2c2ccc(OC)cc2)cc1. The van der Waals surface area contributed by atoms with Crippen LogP contribution >= 0.6 is 11.6 Å². The monoisotopic (exact) mass is 507 g/mol. The smallest absolute Gasteiger partial charge is 0.295 e. The zero-order valence-electron chi connectivity index (χ0n) is 20.2. The molecule has 4 rings (SSSR count). The van der Waals surface area contributed by atoms with Gasteiger partial charge in [-0.2, -0.15) is 0 Å². The van der Waals surface area contributed by atoms with Crippen LogP contribution in [0.3, 0.4) is 0 Å². The second-order valence-corrected chi connectivity index (χ2v) is 8.62. The lowest BCUT2D eigenvalue weighted by atomic mass is 9.95. The maximum atomic E-state index is 13.2. The Bertz CT molecular complexity index is 1300. The topological polar surface area (TPSA) is 85.3 Å². The van der Waals surface area contributed by atoms with Gasteiger partial charge in [0.05, 0.1) is 38.0 Å². The van der Waals surface area contributed by atoms with Crippen molar-refractivity contribution >= 4 is 29.1 Å².